The summed E-state index contributed by atoms with van der Waals surface area (Å²) in [4.78, 5) is 52.2. The third kappa shape index (κ3) is 6.28. The van der Waals surface area contributed by atoms with Crippen LogP contribution >= 0.6 is 11.8 Å². The number of aliphatic hydroxyl groups excluding tert-OH is 1. The molecule has 4 rings (SSSR count). The molecule has 10 nitrogen and oxygen atoms in total. The predicted molar refractivity (Wildman–Crippen MR) is 141 cm³/mol. The maximum Gasteiger partial charge on any atom is 0.340 e. The Morgan fingerprint density at radius 1 is 1.08 bits per heavy atom. The lowest BCUT2D eigenvalue weighted by Gasteiger charge is -2.53. The first kappa shape index (κ1) is 27.5. The molecule has 0 aromatic heterocycles. The summed E-state index contributed by atoms with van der Waals surface area (Å²) in [6, 6.07) is 13.8. The number of benzene rings is 2. The third-order valence-corrected chi connectivity index (χ3v) is 7.32. The average Bonchev–Trinajstić information content (AvgIpc) is 2.88. The summed E-state index contributed by atoms with van der Waals surface area (Å²) >= 11 is 1.29. The summed E-state index contributed by atoms with van der Waals surface area (Å²) in [5.41, 5.74) is 0.831. The standard InChI is InChI=1S/C27H31N3O7S/c1-27(2,3)37-25(34)17-11-7-8-12-18(17)28-13-20(32)29-21-23(33)30-22(19(31)15-38-24(21)30)26(35)36-14-16-9-5-4-6-10-16/h4-12,19,21-22,24,28,31H,13-15H2,1-3H3,(H,29,32)/t19?,21-,22?,24-/m1/s1. The van der Waals surface area contributed by atoms with Gasteiger partial charge in [0.1, 0.15) is 23.6 Å². The second-order valence-corrected chi connectivity index (χ2v) is 11.2. The van der Waals surface area contributed by atoms with E-state index in [1.807, 2.05) is 30.3 Å². The predicted octanol–water partition coefficient (Wildman–Crippen LogP) is 1.93. The highest BCUT2D eigenvalue weighted by Gasteiger charge is 2.58. The molecular formula is C27H31N3O7S. The number of carbonyl (C=O) groups excluding carboxylic acids is 4. The lowest BCUT2D eigenvalue weighted by molar-refractivity contribution is -0.171. The Bertz CT molecular complexity index is 1200. The summed E-state index contributed by atoms with van der Waals surface area (Å²) in [5, 5.41) is 15.6. The number of ether oxygens (including phenoxy) is 2. The third-order valence-electron chi connectivity index (χ3n) is 5.95. The highest BCUT2D eigenvalue weighted by molar-refractivity contribution is 8.00. The van der Waals surface area contributed by atoms with Crippen molar-refractivity contribution in [3.63, 3.8) is 0 Å². The normalized spacial score (nSPS) is 22.5. The van der Waals surface area contributed by atoms with Crippen LogP contribution < -0.4 is 10.6 Å². The molecule has 2 aliphatic heterocycles. The van der Waals surface area contributed by atoms with Crippen LogP contribution in [0.5, 0.6) is 0 Å². The van der Waals surface area contributed by atoms with Gasteiger partial charge in [-0.05, 0) is 38.5 Å². The summed E-state index contributed by atoms with van der Waals surface area (Å²) in [6.07, 6.45) is -1.08. The van der Waals surface area contributed by atoms with Crippen molar-refractivity contribution in [2.75, 3.05) is 17.6 Å². The van der Waals surface area contributed by atoms with Crippen LogP contribution in [0, 0.1) is 0 Å². The number of thioether (sulfide) groups is 1. The molecule has 38 heavy (non-hydrogen) atoms. The first-order valence-electron chi connectivity index (χ1n) is 12.2. The maximum absolute atomic E-state index is 12.9. The molecule has 2 saturated heterocycles. The Hall–Kier alpha value is -3.57. The minimum absolute atomic E-state index is 0.0271. The number of aliphatic hydroxyl groups is 1. The number of nitrogens with zero attached hydrogens (tertiary/aromatic N) is 1. The molecule has 0 radical (unpaired) electrons. The van der Waals surface area contributed by atoms with Crippen LogP contribution in [0.25, 0.3) is 0 Å². The van der Waals surface area contributed by atoms with E-state index >= 15 is 0 Å². The number of esters is 2. The second kappa shape index (κ2) is 11.4. The van der Waals surface area contributed by atoms with Gasteiger partial charge in [-0.2, -0.15) is 0 Å². The molecule has 2 amide bonds. The van der Waals surface area contributed by atoms with Crippen LogP contribution in [0.4, 0.5) is 5.69 Å². The fourth-order valence-corrected chi connectivity index (χ4v) is 5.55. The van der Waals surface area contributed by atoms with Crippen molar-refractivity contribution < 1.29 is 33.8 Å². The SMILES string of the molecule is CC(C)(C)OC(=O)c1ccccc1NCC(=O)N[C@@H]1C(=O)N2C(C(=O)OCc3ccccc3)C(O)CS[C@H]12. The number of hydrogen-bond acceptors (Lipinski definition) is 9. The molecule has 2 fully saturated rings. The number of fused-ring (bicyclic) bond motifs is 1. The quantitative estimate of drug-likeness (QED) is 0.338. The number of rotatable bonds is 8. The first-order valence-corrected chi connectivity index (χ1v) is 13.3. The Labute approximate surface area is 225 Å². The molecule has 0 aliphatic carbocycles. The Morgan fingerprint density at radius 3 is 2.47 bits per heavy atom. The van der Waals surface area contributed by atoms with Gasteiger partial charge in [0.2, 0.25) is 11.8 Å². The lowest BCUT2D eigenvalue weighted by Crippen LogP contribution is -2.77. The van der Waals surface area contributed by atoms with Crippen LogP contribution in [0.1, 0.15) is 36.7 Å². The van der Waals surface area contributed by atoms with E-state index in [0.717, 1.165) is 5.56 Å². The van der Waals surface area contributed by atoms with Gasteiger partial charge in [0.15, 0.2) is 6.04 Å². The van der Waals surface area contributed by atoms with E-state index in [2.05, 4.69) is 10.6 Å². The molecule has 4 atom stereocenters. The number of amides is 2. The van der Waals surface area contributed by atoms with Gasteiger partial charge in [0.05, 0.1) is 18.2 Å². The fraction of sp³-hybridized carbons (Fsp3) is 0.407. The average molecular weight is 542 g/mol. The molecular weight excluding hydrogens is 510 g/mol. The number of para-hydroxylation sites is 1. The van der Waals surface area contributed by atoms with Crippen LogP contribution in [-0.4, -0.2) is 75.2 Å². The van der Waals surface area contributed by atoms with E-state index in [0.29, 0.717) is 5.69 Å². The largest absolute Gasteiger partial charge is 0.459 e. The molecule has 2 unspecified atom stereocenters. The Morgan fingerprint density at radius 2 is 1.76 bits per heavy atom. The molecule has 2 aliphatic rings. The zero-order valence-corrected chi connectivity index (χ0v) is 22.2. The van der Waals surface area contributed by atoms with Crippen molar-refractivity contribution in [1.82, 2.24) is 10.2 Å². The Balaban J connectivity index is 1.33. The first-order chi connectivity index (χ1) is 18.0. The lowest BCUT2D eigenvalue weighted by atomic mass is 9.99. The van der Waals surface area contributed by atoms with Crippen LogP contribution in [0.15, 0.2) is 54.6 Å². The maximum atomic E-state index is 12.9. The zero-order chi connectivity index (χ0) is 27.4. The van der Waals surface area contributed by atoms with Gasteiger partial charge in [0, 0.05) is 11.4 Å². The van der Waals surface area contributed by atoms with Crippen LogP contribution in [-0.2, 0) is 30.5 Å². The van der Waals surface area contributed by atoms with Crippen molar-refractivity contribution in [3.05, 3.63) is 65.7 Å². The number of carbonyl (C=O) groups is 4. The minimum Gasteiger partial charge on any atom is -0.459 e. The van der Waals surface area contributed by atoms with Crippen molar-refractivity contribution in [1.29, 1.82) is 0 Å². The van der Waals surface area contributed by atoms with Gasteiger partial charge in [-0.3, -0.25) is 9.59 Å². The molecule has 2 aromatic rings. The molecule has 11 heteroatoms. The molecule has 3 N–H and O–H groups in total. The van der Waals surface area contributed by atoms with Gasteiger partial charge in [-0.1, -0.05) is 42.5 Å². The summed E-state index contributed by atoms with van der Waals surface area (Å²) in [7, 11) is 0. The fourth-order valence-electron chi connectivity index (χ4n) is 4.20. The molecule has 2 heterocycles. The van der Waals surface area contributed by atoms with Crippen LogP contribution in [0.2, 0.25) is 0 Å². The van der Waals surface area contributed by atoms with Gasteiger partial charge in [-0.25, -0.2) is 9.59 Å². The molecule has 0 saturated carbocycles. The molecule has 202 valence electrons. The van der Waals surface area contributed by atoms with Crippen molar-refractivity contribution in [2.45, 2.75) is 56.5 Å². The van der Waals surface area contributed by atoms with Gasteiger partial charge < -0.3 is 30.1 Å². The van der Waals surface area contributed by atoms with Gasteiger partial charge in [0.25, 0.3) is 0 Å². The topological polar surface area (TPSA) is 134 Å². The van der Waals surface area contributed by atoms with Gasteiger partial charge in [-0.15, -0.1) is 11.8 Å². The smallest absolute Gasteiger partial charge is 0.340 e. The highest BCUT2D eigenvalue weighted by Crippen LogP contribution is 2.38. The zero-order valence-electron chi connectivity index (χ0n) is 21.4. The summed E-state index contributed by atoms with van der Waals surface area (Å²) in [5.74, 6) is -1.92. The summed E-state index contributed by atoms with van der Waals surface area (Å²) < 4.78 is 10.8. The second-order valence-electron chi connectivity index (χ2n) is 10.0. The number of nitrogens with one attached hydrogen (secondary N) is 2. The Kier molecular flexibility index (Phi) is 8.27. The van der Waals surface area contributed by atoms with Crippen molar-refractivity contribution >= 4 is 41.2 Å². The van der Waals surface area contributed by atoms with Gasteiger partial charge >= 0.3 is 11.9 Å². The van der Waals surface area contributed by atoms with Crippen LogP contribution in [0.3, 0.4) is 0 Å². The van der Waals surface area contributed by atoms with E-state index < -0.39 is 52.9 Å². The van der Waals surface area contributed by atoms with E-state index in [4.69, 9.17) is 9.47 Å². The van der Waals surface area contributed by atoms with Crippen molar-refractivity contribution in [2.24, 2.45) is 0 Å². The van der Waals surface area contributed by atoms with E-state index in [9.17, 15) is 24.3 Å². The molecule has 0 spiro atoms. The van der Waals surface area contributed by atoms with E-state index in [1.54, 1.807) is 45.0 Å². The number of hydrogen-bond donors (Lipinski definition) is 3. The minimum atomic E-state index is -1.13. The summed E-state index contributed by atoms with van der Waals surface area (Å²) in [6.45, 7) is 5.14. The van der Waals surface area contributed by atoms with E-state index in [1.165, 1.54) is 16.7 Å². The molecule has 2 aromatic carbocycles. The number of anilines is 1. The highest BCUT2D eigenvalue weighted by atomic mass is 32.2. The monoisotopic (exact) mass is 541 g/mol. The number of β-lactam (4-membered cyclic amide) rings is 1. The molecule has 0 bridgehead atoms. The van der Waals surface area contributed by atoms with E-state index in [-0.39, 0.29) is 24.5 Å². The van der Waals surface area contributed by atoms with Crippen molar-refractivity contribution in [3.8, 4) is 0 Å².